The molecule has 4 aromatic rings. The molecule has 5 nitrogen and oxygen atoms in total. The Bertz CT molecular complexity index is 1290. The van der Waals surface area contributed by atoms with Crippen LogP contribution < -0.4 is 15.4 Å². The summed E-state index contributed by atoms with van der Waals surface area (Å²) in [6, 6.07) is 21.9. The van der Waals surface area contributed by atoms with Gasteiger partial charge in [0.05, 0.1) is 28.6 Å². The number of hydrogen-bond donors (Lipinski definition) is 2. The highest BCUT2D eigenvalue weighted by molar-refractivity contribution is 7.80. The molecule has 0 unspecified atom stereocenters. The number of benzene rings is 3. The van der Waals surface area contributed by atoms with Crippen LogP contribution in [-0.2, 0) is 6.54 Å². The molecule has 3 aromatic carbocycles. The molecule has 0 bridgehead atoms. The second kappa shape index (κ2) is 10.0. The number of para-hydroxylation sites is 1. The maximum atomic E-state index is 13.4. The fraction of sp³-hybridized carbons (Fsp3) is 0.120. The number of halogens is 2. The Morgan fingerprint density at radius 1 is 1.00 bits per heavy atom. The smallest absolute Gasteiger partial charge is 0.175 e. The molecule has 0 spiro atoms. The van der Waals surface area contributed by atoms with Crippen molar-refractivity contribution in [3.05, 3.63) is 101 Å². The average Bonchev–Trinajstić information content (AvgIpc) is 3.04. The Labute approximate surface area is 202 Å². The van der Waals surface area contributed by atoms with Gasteiger partial charge in [-0.25, -0.2) is 4.39 Å². The monoisotopic (exact) mass is 480 g/mol. The first-order valence-corrected chi connectivity index (χ1v) is 11.1. The summed E-state index contributed by atoms with van der Waals surface area (Å²) < 4.78 is 21.2. The summed E-state index contributed by atoms with van der Waals surface area (Å²) in [6.45, 7) is 4.47. The maximum absolute atomic E-state index is 13.4. The van der Waals surface area contributed by atoms with Crippen molar-refractivity contribution < 1.29 is 9.13 Å². The third-order valence-corrected chi connectivity index (χ3v) is 5.50. The molecule has 0 amide bonds. The predicted molar refractivity (Wildman–Crippen MR) is 135 cm³/mol. The van der Waals surface area contributed by atoms with Crippen LogP contribution in [-0.4, -0.2) is 14.9 Å². The van der Waals surface area contributed by atoms with Gasteiger partial charge in [-0.1, -0.05) is 41.9 Å². The number of nitrogens with one attached hydrogen (secondary N) is 2. The summed E-state index contributed by atoms with van der Waals surface area (Å²) in [5, 5.41) is 11.3. The molecule has 1 aromatic heterocycles. The first-order valence-electron chi connectivity index (χ1n) is 10.3. The van der Waals surface area contributed by atoms with E-state index in [2.05, 4.69) is 15.7 Å². The second-order valence-electron chi connectivity index (χ2n) is 7.47. The third kappa shape index (κ3) is 5.69. The van der Waals surface area contributed by atoms with Gasteiger partial charge in [-0.2, -0.15) is 5.10 Å². The Morgan fingerprint density at radius 2 is 1.76 bits per heavy atom. The summed E-state index contributed by atoms with van der Waals surface area (Å²) in [5.74, 6) is 1.07. The van der Waals surface area contributed by atoms with Crippen LogP contribution in [0.2, 0.25) is 5.02 Å². The SMILES string of the molecule is Cc1nn(Cc2cccc(Oc3ccccc3)c2)c(C)c1NC(=S)Nc1ccc(F)c(Cl)c1. The maximum Gasteiger partial charge on any atom is 0.175 e. The number of hydrogen-bond acceptors (Lipinski definition) is 3. The van der Waals surface area contributed by atoms with E-state index in [-0.39, 0.29) is 5.02 Å². The van der Waals surface area contributed by atoms with E-state index in [1.165, 1.54) is 12.1 Å². The topological polar surface area (TPSA) is 51.1 Å². The van der Waals surface area contributed by atoms with Crippen LogP contribution in [0.15, 0.2) is 72.8 Å². The van der Waals surface area contributed by atoms with Crippen molar-refractivity contribution in [2.45, 2.75) is 20.4 Å². The standard InChI is InChI=1S/C25H22ClFN4OS/c1-16-24(29-25(33)28-19-11-12-23(27)22(26)14-19)17(2)31(30-16)15-18-7-6-10-21(13-18)32-20-8-4-3-5-9-20/h3-14H,15H2,1-2H3,(H2,28,29,33). The minimum Gasteiger partial charge on any atom is -0.457 e. The highest BCUT2D eigenvalue weighted by Crippen LogP contribution is 2.25. The van der Waals surface area contributed by atoms with Gasteiger partial charge in [0.1, 0.15) is 17.3 Å². The molecular weight excluding hydrogens is 459 g/mol. The van der Waals surface area contributed by atoms with Crippen LogP contribution in [0.5, 0.6) is 11.5 Å². The first kappa shape index (κ1) is 22.8. The molecule has 0 radical (unpaired) electrons. The van der Waals surface area contributed by atoms with Crippen molar-refractivity contribution in [1.82, 2.24) is 9.78 Å². The van der Waals surface area contributed by atoms with Gasteiger partial charge in [0.2, 0.25) is 0 Å². The van der Waals surface area contributed by atoms with Crippen molar-refractivity contribution in [3.8, 4) is 11.5 Å². The van der Waals surface area contributed by atoms with Gasteiger partial charge in [0, 0.05) is 5.69 Å². The summed E-state index contributed by atoms with van der Waals surface area (Å²) >= 11 is 11.3. The van der Waals surface area contributed by atoms with Crippen LogP contribution in [0.3, 0.4) is 0 Å². The van der Waals surface area contributed by atoms with E-state index in [1.807, 2.05) is 73.1 Å². The number of rotatable bonds is 6. The zero-order valence-corrected chi connectivity index (χ0v) is 19.7. The van der Waals surface area contributed by atoms with Gasteiger partial charge in [0.15, 0.2) is 5.11 Å². The van der Waals surface area contributed by atoms with Crippen LogP contribution in [0.25, 0.3) is 0 Å². The van der Waals surface area contributed by atoms with Gasteiger partial charge in [0.25, 0.3) is 0 Å². The Balaban J connectivity index is 1.45. The largest absolute Gasteiger partial charge is 0.457 e. The minimum atomic E-state index is -0.479. The van der Waals surface area contributed by atoms with Gasteiger partial charge >= 0.3 is 0 Å². The lowest BCUT2D eigenvalue weighted by atomic mass is 10.2. The van der Waals surface area contributed by atoms with E-state index < -0.39 is 5.82 Å². The lowest BCUT2D eigenvalue weighted by molar-refractivity contribution is 0.481. The first-order chi connectivity index (χ1) is 15.9. The molecule has 0 saturated heterocycles. The highest BCUT2D eigenvalue weighted by atomic mass is 35.5. The molecule has 168 valence electrons. The van der Waals surface area contributed by atoms with E-state index in [4.69, 9.17) is 28.6 Å². The number of thiocarbonyl (C=S) groups is 1. The highest BCUT2D eigenvalue weighted by Gasteiger charge is 2.14. The Hall–Kier alpha value is -3.42. The normalized spacial score (nSPS) is 10.7. The summed E-state index contributed by atoms with van der Waals surface area (Å²) in [4.78, 5) is 0. The molecular formula is C25H22ClFN4OS. The van der Waals surface area contributed by atoms with Crippen molar-refractivity contribution in [3.63, 3.8) is 0 Å². The molecule has 0 saturated carbocycles. The van der Waals surface area contributed by atoms with Gasteiger partial charge < -0.3 is 15.4 Å². The van der Waals surface area contributed by atoms with Crippen LogP contribution >= 0.6 is 23.8 Å². The molecule has 0 aliphatic rings. The number of aromatic nitrogens is 2. The predicted octanol–water partition coefficient (Wildman–Crippen LogP) is 6.94. The van der Waals surface area contributed by atoms with Gasteiger partial charge in [-0.15, -0.1) is 0 Å². The molecule has 4 rings (SSSR count). The Kier molecular flexibility index (Phi) is 6.91. The van der Waals surface area contributed by atoms with Crippen LogP contribution in [0.4, 0.5) is 15.8 Å². The fourth-order valence-electron chi connectivity index (χ4n) is 3.39. The summed E-state index contributed by atoms with van der Waals surface area (Å²) in [6.07, 6.45) is 0. The molecule has 0 aliphatic heterocycles. The van der Waals surface area contributed by atoms with E-state index in [1.54, 1.807) is 6.07 Å². The van der Waals surface area contributed by atoms with Crippen molar-refractivity contribution >= 4 is 40.3 Å². The molecule has 0 fully saturated rings. The van der Waals surface area contributed by atoms with E-state index in [0.29, 0.717) is 17.3 Å². The number of nitrogens with zero attached hydrogens (tertiary/aromatic N) is 2. The molecule has 1 heterocycles. The zero-order chi connectivity index (χ0) is 23.4. The Morgan fingerprint density at radius 3 is 2.52 bits per heavy atom. The second-order valence-corrected chi connectivity index (χ2v) is 8.29. The lowest BCUT2D eigenvalue weighted by Crippen LogP contribution is -2.20. The number of ether oxygens (including phenoxy) is 1. The van der Waals surface area contributed by atoms with Crippen molar-refractivity contribution in [2.24, 2.45) is 0 Å². The van der Waals surface area contributed by atoms with Crippen molar-refractivity contribution in [2.75, 3.05) is 10.6 Å². The third-order valence-electron chi connectivity index (χ3n) is 5.01. The number of aryl methyl sites for hydroxylation is 1. The average molecular weight is 481 g/mol. The number of anilines is 2. The quantitative estimate of drug-likeness (QED) is 0.293. The fourth-order valence-corrected chi connectivity index (χ4v) is 3.79. The molecule has 33 heavy (non-hydrogen) atoms. The van der Waals surface area contributed by atoms with Gasteiger partial charge in [-0.3, -0.25) is 4.68 Å². The molecule has 8 heteroatoms. The summed E-state index contributed by atoms with van der Waals surface area (Å²) in [5.41, 5.74) is 4.21. The van der Waals surface area contributed by atoms with Gasteiger partial charge in [-0.05, 0) is 74.1 Å². The van der Waals surface area contributed by atoms with Crippen LogP contribution in [0.1, 0.15) is 17.0 Å². The van der Waals surface area contributed by atoms with E-state index in [9.17, 15) is 4.39 Å². The molecule has 2 N–H and O–H groups in total. The zero-order valence-electron chi connectivity index (χ0n) is 18.1. The lowest BCUT2D eigenvalue weighted by Gasteiger charge is -2.12. The van der Waals surface area contributed by atoms with Crippen LogP contribution in [0, 0.1) is 19.7 Å². The molecule has 0 atom stereocenters. The van der Waals surface area contributed by atoms with E-state index >= 15 is 0 Å². The van der Waals surface area contributed by atoms with E-state index in [0.717, 1.165) is 34.1 Å². The van der Waals surface area contributed by atoms with Crippen molar-refractivity contribution in [1.29, 1.82) is 0 Å². The summed E-state index contributed by atoms with van der Waals surface area (Å²) in [7, 11) is 0. The molecule has 0 aliphatic carbocycles. The minimum absolute atomic E-state index is 0.0291.